The molecule has 0 spiro atoms. The quantitative estimate of drug-likeness (QED) is 0.603. The first kappa shape index (κ1) is 12.7. The average Bonchev–Trinajstić information content (AvgIpc) is 2.84. The molecule has 1 aliphatic heterocycles. The van der Waals surface area contributed by atoms with Gasteiger partial charge in [0.1, 0.15) is 12.4 Å². The highest BCUT2D eigenvalue weighted by Crippen LogP contribution is 2.18. The summed E-state index contributed by atoms with van der Waals surface area (Å²) in [5, 5.41) is 0. The lowest BCUT2D eigenvalue weighted by atomic mass is 10.3. The summed E-state index contributed by atoms with van der Waals surface area (Å²) in [4.78, 5) is 6.38. The van der Waals surface area contributed by atoms with Gasteiger partial charge in [0.2, 0.25) is 0 Å². The van der Waals surface area contributed by atoms with E-state index in [2.05, 4.69) is 9.89 Å². The predicted octanol–water partition coefficient (Wildman–Crippen LogP) is 1.07. The van der Waals surface area contributed by atoms with E-state index in [1.165, 1.54) is 25.9 Å². The summed E-state index contributed by atoms with van der Waals surface area (Å²) in [6.45, 7) is 4.12. The molecule has 0 unspecified atom stereocenters. The summed E-state index contributed by atoms with van der Waals surface area (Å²) in [7, 11) is 0. The van der Waals surface area contributed by atoms with Gasteiger partial charge in [-0.05, 0) is 50.2 Å². The molecule has 5 nitrogen and oxygen atoms in total. The van der Waals surface area contributed by atoms with Crippen molar-refractivity contribution in [3.8, 4) is 5.75 Å². The number of benzene rings is 1. The highest BCUT2D eigenvalue weighted by molar-refractivity contribution is 5.78. The summed E-state index contributed by atoms with van der Waals surface area (Å²) < 4.78 is 5.68. The van der Waals surface area contributed by atoms with Crippen LogP contribution in [-0.2, 0) is 0 Å². The smallest absolute Gasteiger partial charge is 0.191 e. The standard InChI is InChI=1S/C13H20N4O/c14-13(15)16-11-3-5-12(6-4-11)18-10-9-17-7-1-2-8-17/h3-6H,1-2,7-10H2,(H4,14,15,16). The van der Waals surface area contributed by atoms with Gasteiger partial charge in [-0.15, -0.1) is 0 Å². The first-order valence-corrected chi connectivity index (χ1v) is 6.29. The van der Waals surface area contributed by atoms with Crippen LogP contribution in [0.5, 0.6) is 5.75 Å². The topological polar surface area (TPSA) is 76.9 Å². The van der Waals surface area contributed by atoms with Gasteiger partial charge in [0, 0.05) is 6.54 Å². The molecule has 98 valence electrons. The van der Waals surface area contributed by atoms with E-state index in [4.69, 9.17) is 16.2 Å². The summed E-state index contributed by atoms with van der Waals surface area (Å²) in [6.07, 6.45) is 2.63. The number of hydrogen-bond acceptors (Lipinski definition) is 3. The molecule has 1 heterocycles. The molecule has 0 aliphatic carbocycles. The van der Waals surface area contributed by atoms with Crippen molar-refractivity contribution >= 4 is 11.6 Å². The van der Waals surface area contributed by atoms with Crippen molar-refractivity contribution in [2.75, 3.05) is 26.2 Å². The van der Waals surface area contributed by atoms with Crippen molar-refractivity contribution in [1.29, 1.82) is 0 Å². The number of hydrogen-bond donors (Lipinski definition) is 2. The molecule has 2 rings (SSSR count). The van der Waals surface area contributed by atoms with Crippen molar-refractivity contribution < 1.29 is 4.74 Å². The zero-order valence-corrected chi connectivity index (χ0v) is 10.5. The van der Waals surface area contributed by atoms with E-state index in [9.17, 15) is 0 Å². The first-order valence-electron chi connectivity index (χ1n) is 6.29. The lowest BCUT2D eigenvalue weighted by Crippen LogP contribution is -2.25. The second-order valence-corrected chi connectivity index (χ2v) is 4.43. The number of guanidine groups is 1. The Morgan fingerprint density at radius 2 is 1.83 bits per heavy atom. The number of nitrogens with zero attached hydrogens (tertiary/aromatic N) is 2. The Morgan fingerprint density at radius 1 is 1.17 bits per heavy atom. The minimum Gasteiger partial charge on any atom is -0.492 e. The third-order valence-electron chi connectivity index (χ3n) is 2.97. The highest BCUT2D eigenvalue weighted by Gasteiger charge is 2.10. The number of likely N-dealkylation sites (tertiary alicyclic amines) is 1. The van der Waals surface area contributed by atoms with Crippen molar-refractivity contribution in [2.24, 2.45) is 16.5 Å². The van der Waals surface area contributed by atoms with Crippen LogP contribution in [0, 0.1) is 0 Å². The Kier molecular flexibility index (Phi) is 4.41. The van der Waals surface area contributed by atoms with E-state index in [1.807, 2.05) is 24.3 Å². The van der Waals surface area contributed by atoms with Crippen molar-refractivity contribution in [3.63, 3.8) is 0 Å². The fraction of sp³-hybridized carbons (Fsp3) is 0.462. The molecule has 0 amide bonds. The predicted molar refractivity (Wildman–Crippen MR) is 73.1 cm³/mol. The SMILES string of the molecule is NC(N)=Nc1ccc(OCCN2CCCC2)cc1. The normalized spacial score (nSPS) is 15.6. The van der Waals surface area contributed by atoms with Crippen LogP contribution >= 0.6 is 0 Å². The molecule has 0 atom stereocenters. The Hall–Kier alpha value is -1.75. The monoisotopic (exact) mass is 248 g/mol. The van der Waals surface area contributed by atoms with Gasteiger partial charge >= 0.3 is 0 Å². The van der Waals surface area contributed by atoms with Gasteiger partial charge in [-0.25, -0.2) is 4.99 Å². The molecule has 1 saturated heterocycles. The summed E-state index contributed by atoms with van der Waals surface area (Å²) >= 11 is 0. The third kappa shape index (κ3) is 3.92. The van der Waals surface area contributed by atoms with E-state index in [0.29, 0.717) is 0 Å². The average molecular weight is 248 g/mol. The largest absolute Gasteiger partial charge is 0.492 e. The number of rotatable bonds is 5. The molecule has 1 aromatic carbocycles. The molecule has 0 aromatic heterocycles. The molecule has 1 aliphatic rings. The lowest BCUT2D eigenvalue weighted by molar-refractivity contribution is 0.238. The van der Waals surface area contributed by atoms with E-state index in [1.54, 1.807) is 0 Å². The minimum atomic E-state index is 0.0673. The summed E-state index contributed by atoms with van der Waals surface area (Å²) in [5.41, 5.74) is 11.3. The fourth-order valence-corrected chi connectivity index (χ4v) is 2.06. The minimum absolute atomic E-state index is 0.0673. The second kappa shape index (κ2) is 6.26. The maximum absolute atomic E-state index is 5.68. The van der Waals surface area contributed by atoms with E-state index in [-0.39, 0.29) is 5.96 Å². The Morgan fingerprint density at radius 3 is 2.44 bits per heavy atom. The molecular formula is C13H20N4O. The van der Waals surface area contributed by atoms with Gasteiger partial charge in [-0.1, -0.05) is 0 Å². The first-order chi connectivity index (χ1) is 8.74. The van der Waals surface area contributed by atoms with Crippen LogP contribution in [0.15, 0.2) is 29.3 Å². The molecule has 18 heavy (non-hydrogen) atoms. The van der Waals surface area contributed by atoms with E-state index >= 15 is 0 Å². The van der Waals surface area contributed by atoms with E-state index in [0.717, 1.165) is 24.6 Å². The summed E-state index contributed by atoms with van der Waals surface area (Å²) in [5.74, 6) is 0.918. The molecule has 0 radical (unpaired) electrons. The second-order valence-electron chi connectivity index (χ2n) is 4.43. The maximum atomic E-state index is 5.68. The number of ether oxygens (including phenoxy) is 1. The maximum Gasteiger partial charge on any atom is 0.191 e. The zero-order chi connectivity index (χ0) is 12.8. The van der Waals surface area contributed by atoms with Gasteiger partial charge in [-0.3, -0.25) is 4.90 Å². The highest BCUT2D eigenvalue weighted by atomic mass is 16.5. The van der Waals surface area contributed by atoms with Crippen molar-refractivity contribution in [1.82, 2.24) is 4.90 Å². The third-order valence-corrected chi connectivity index (χ3v) is 2.97. The zero-order valence-electron chi connectivity index (χ0n) is 10.5. The number of nitrogens with two attached hydrogens (primary N) is 2. The van der Waals surface area contributed by atoms with Crippen LogP contribution < -0.4 is 16.2 Å². The van der Waals surface area contributed by atoms with Crippen LogP contribution in [0.3, 0.4) is 0 Å². The van der Waals surface area contributed by atoms with Gasteiger partial charge in [0.05, 0.1) is 5.69 Å². The van der Waals surface area contributed by atoms with Gasteiger partial charge in [0.25, 0.3) is 0 Å². The van der Waals surface area contributed by atoms with Crippen molar-refractivity contribution in [2.45, 2.75) is 12.8 Å². The van der Waals surface area contributed by atoms with E-state index < -0.39 is 0 Å². The Balaban J connectivity index is 1.77. The molecule has 0 bridgehead atoms. The molecular weight excluding hydrogens is 228 g/mol. The van der Waals surface area contributed by atoms with Gasteiger partial charge in [0.15, 0.2) is 5.96 Å². The lowest BCUT2D eigenvalue weighted by Gasteiger charge is -2.14. The van der Waals surface area contributed by atoms with Crippen LogP contribution in [0.25, 0.3) is 0 Å². The Labute approximate surface area is 107 Å². The van der Waals surface area contributed by atoms with Crippen LogP contribution in [0.2, 0.25) is 0 Å². The molecule has 1 fully saturated rings. The van der Waals surface area contributed by atoms with Gasteiger partial charge in [-0.2, -0.15) is 0 Å². The van der Waals surface area contributed by atoms with Crippen LogP contribution in [0.1, 0.15) is 12.8 Å². The Bertz CT molecular complexity index is 392. The number of aliphatic imine (C=N–C) groups is 1. The summed E-state index contributed by atoms with van der Waals surface area (Å²) in [6, 6.07) is 7.44. The van der Waals surface area contributed by atoms with Gasteiger partial charge < -0.3 is 16.2 Å². The molecule has 5 heteroatoms. The molecule has 1 aromatic rings. The fourth-order valence-electron chi connectivity index (χ4n) is 2.06. The van der Waals surface area contributed by atoms with Crippen LogP contribution in [0.4, 0.5) is 5.69 Å². The molecule has 0 saturated carbocycles. The molecule has 4 N–H and O–H groups in total. The van der Waals surface area contributed by atoms with Crippen LogP contribution in [-0.4, -0.2) is 37.1 Å². The van der Waals surface area contributed by atoms with Crippen molar-refractivity contribution in [3.05, 3.63) is 24.3 Å².